The maximum Gasteiger partial charge on any atom is 0.178 e. The maximum absolute atomic E-state index is 16.9. The third-order valence-corrected chi connectivity index (χ3v) is 12.5. The van der Waals surface area contributed by atoms with Crippen molar-refractivity contribution >= 4 is 22.5 Å². The Morgan fingerprint density at radius 1 is 0.679 bits per heavy atom. The van der Waals surface area contributed by atoms with Crippen LogP contribution in [0.5, 0.6) is 23.0 Å². The van der Waals surface area contributed by atoms with Gasteiger partial charge in [-0.1, -0.05) is 58.0 Å². The van der Waals surface area contributed by atoms with Crippen LogP contribution in [0.25, 0.3) is 28.0 Å². The van der Waals surface area contributed by atoms with Crippen molar-refractivity contribution in [2.24, 2.45) is 10.8 Å². The van der Waals surface area contributed by atoms with Crippen LogP contribution < -0.4 is 23.8 Å². The number of methoxy groups -OCH3 is 3. The topological polar surface area (TPSA) is 49.4 Å². The lowest BCUT2D eigenvalue weighted by Crippen LogP contribution is -2.45. The lowest BCUT2D eigenvalue weighted by Gasteiger charge is -2.52. The molecule has 1 saturated carbocycles. The number of nitrogens with zero attached hydrogens (tertiary/aromatic N) is 1. The summed E-state index contributed by atoms with van der Waals surface area (Å²) in [7, 11) is 5.00. The summed E-state index contributed by atoms with van der Waals surface area (Å²) in [6.45, 7) is 11.7. The van der Waals surface area contributed by atoms with Gasteiger partial charge in [-0.15, -0.1) is 0 Å². The van der Waals surface area contributed by atoms with Crippen molar-refractivity contribution < 1.29 is 32.5 Å². The molecule has 0 unspecified atom stereocenters. The van der Waals surface area contributed by atoms with Crippen LogP contribution in [0.1, 0.15) is 74.8 Å². The molecule has 5 aromatic carbocycles. The smallest absolute Gasteiger partial charge is 0.178 e. The molecule has 2 heterocycles. The van der Waals surface area contributed by atoms with E-state index in [1.165, 1.54) is 0 Å². The highest BCUT2D eigenvalue weighted by molar-refractivity contribution is 6.10. The molecule has 6 nitrogen and oxygen atoms in total. The summed E-state index contributed by atoms with van der Waals surface area (Å²) in [5, 5.41) is 1.68. The van der Waals surface area contributed by atoms with Gasteiger partial charge in [0, 0.05) is 52.2 Å². The van der Waals surface area contributed by atoms with E-state index in [2.05, 4.69) is 56.9 Å². The molecule has 0 bridgehead atoms. The summed E-state index contributed by atoms with van der Waals surface area (Å²) in [5.41, 5.74) is 4.59. The number of morpholine rings is 1. The van der Waals surface area contributed by atoms with Crippen molar-refractivity contribution in [3.8, 4) is 34.1 Å². The fraction of sp³-hybridized carbons (Fsp3) is 0.375. The highest BCUT2D eigenvalue weighted by Crippen LogP contribution is 2.67. The van der Waals surface area contributed by atoms with Gasteiger partial charge in [-0.25, -0.2) is 8.78 Å². The number of ether oxygens (including phenoxy) is 5. The van der Waals surface area contributed by atoms with E-state index in [1.807, 2.05) is 48.5 Å². The molecule has 0 aromatic heterocycles. The summed E-state index contributed by atoms with van der Waals surface area (Å²) in [6.07, 6.45) is 6.67. The second kappa shape index (κ2) is 13.0. The maximum atomic E-state index is 16.9. The fourth-order valence-electron chi connectivity index (χ4n) is 11.2. The lowest BCUT2D eigenvalue weighted by atomic mass is 9.52. The molecular formula is C48H49F2NO5. The average Bonchev–Trinajstić information content (AvgIpc) is 3.44. The molecule has 0 amide bonds. The second-order valence-corrected chi connectivity index (χ2v) is 17.5. The summed E-state index contributed by atoms with van der Waals surface area (Å²) in [5.74, 6) is 1.75. The first-order chi connectivity index (χ1) is 26.8. The zero-order valence-electron chi connectivity index (χ0n) is 33.3. The molecule has 1 saturated heterocycles. The van der Waals surface area contributed by atoms with Crippen LogP contribution in [-0.2, 0) is 15.8 Å². The average molecular weight is 758 g/mol. The summed E-state index contributed by atoms with van der Waals surface area (Å²) in [4.78, 5) is 2.28. The summed E-state index contributed by atoms with van der Waals surface area (Å²) < 4.78 is 63.2. The van der Waals surface area contributed by atoms with Crippen LogP contribution in [-0.4, -0.2) is 47.6 Å². The lowest BCUT2D eigenvalue weighted by molar-refractivity contribution is 0.0627. The minimum Gasteiger partial charge on any atom is -0.497 e. The normalized spacial score (nSPS) is 19.6. The molecule has 9 rings (SSSR count). The Balaban J connectivity index is 1.41. The van der Waals surface area contributed by atoms with Gasteiger partial charge >= 0.3 is 0 Å². The van der Waals surface area contributed by atoms with E-state index in [-0.39, 0.29) is 10.8 Å². The Morgan fingerprint density at radius 3 is 1.86 bits per heavy atom. The number of halogens is 2. The standard InChI is InChI=1S/C48H49F2NO5/c1-45(2)26-46(3,4)28-47(27-45)42-37(22-31(49)23-38(42)50)41-35-24-39(51-18-20-55-21-19-51)40(54-7)25-36(35)44-34(43(41)47)16-17-48(56-44,29-8-12-32(52-5)13-9-29)30-10-14-33(53-6)15-11-30/h8-17,22-25H,18-21,26-28H2,1-7H3. The van der Waals surface area contributed by atoms with E-state index in [9.17, 15) is 0 Å². The zero-order chi connectivity index (χ0) is 39.2. The molecule has 56 heavy (non-hydrogen) atoms. The molecule has 290 valence electrons. The van der Waals surface area contributed by atoms with E-state index in [1.54, 1.807) is 27.4 Å². The van der Waals surface area contributed by atoms with Crippen molar-refractivity contribution in [2.45, 2.75) is 58.0 Å². The van der Waals surface area contributed by atoms with Gasteiger partial charge in [-0.2, -0.15) is 0 Å². The van der Waals surface area contributed by atoms with Crippen LogP contribution in [0.15, 0.2) is 78.9 Å². The van der Waals surface area contributed by atoms with Crippen molar-refractivity contribution in [3.63, 3.8) is 0 Å². The number of hydrogen-bond donors (Lipinski definition) is 0. The Bertz CT molecular complexity index is 2330. The van der Waals surface area contributed by atoms with E-state index >= 15 is 8.78 Å². The number of hydrogen-bond acceptors (Lipinski definition) is 6. The molecular weight excluding hydrogens is 709 g/mol. The Morgan fingerprint density at radius 2 is 1.29 bits per heavy atom. The van der Waals surface area contributed by atoms with Gasteiger partial charge < -0.3 is 28.6 Å². The van der Waals surface area contributed by atoms with Gasteiger partial charge in [0.15, 0.2) is 5.60 Å². The van der Waals surface area contributed by atoms with Crippen molar-refractivity contribution in [3.05, 3.63) is 118 Å². The van der Waals surface area contributed by atoms with E-state index < -0.39 is 22.7 Å². The zero-order valence-corrected chi connectivity index (χ0v) is 33.3. The largest absolute Gasteiger partial charge is 0.497 e. The van der Waals surface area contributed by atoms with Crippen molar-refractivity contribution in [1.29, 1.82) is 0 Å². The predicted octanol–water partition coefficient (Wildman–Crippen LogP) is 10.8. The minimum absolute atomic E-state index is 0.142. The van der Waals surface area contributed by atoms with Gasteiger partial charge in [0.25, 0.3) is 0 Å². The van der Waals surface area contributed by atoms with Crippen molar-refractivity contribution in [2.75, 3.05) is 52.5 Å². The molecule has 4 aliphatic rings. The number of anilines is 1. The number of fused-ring (bicyclic) bond motifs is 10. The fourth-order valence-corrected chi connectivity index (χ4v) is 11.2. The summed E-state index contributed by atoms with van der Waals surface area (Å²) >= 11 is 0. The number of rotatable bonds is 6. The molecule has 2 aliphatic heterocycles. The van der Waals surface area contributed by atoms with Gasteiger partial charge in [0.05, 0.1) is 40.2 Å². The minimum atomic E-state index is -1.07. The van der Waals surface area contributed by atoms with Crippen molar-refractivity contribution in [1.82, 2.24) is 0 Å². The Kier molecular flexibility index (Phi) is 8.48. The first kappa shape index (κ1) is 36.6. The molecule has 2 fully saturated rings. The Labute approximate surface area is 328 Å². The quantitative estimate of drug-likeness (QED) is 0.172. The SMILES string of the molecule is COc1ccc(C2(c3ccc(OC)cc3)C=Cc3c4c(c5cc(N6CCOCC6)c(OC)cc5c3O2)-c2cc(F)cc(F)c2C42CC(C)(C)CC(C)(C)C2)cc1. The third-order valence-electron chi connectivity index (χ3n) is 12.5. The predicted molar refractivity (Wildman–Crippen MR) is 218 cm³/mol. The Hall–Kier alpha value is -5.08. The van der Waals surface area contributed by atoms with E-state index in [4.69, 9.17) is 23.7 Å². The summed E-state index contributed by atoms with van der Waals surface area (Å²) in [6, 6.07) is 22.8. The first-order valence-corrected chi connectivity index (χ1v) is 19.5. The molecule has 5 aromatic rings. The monoisotopic (exact) mass is 757 g/mol. The van der Waals surface area contributed by atoms with Crippen LogP contribution in [0.2, 0.25) is 0 Å². The van der Waals surface area contributed by atoms with Gasteiger partial charge in [0.1, 0.15) is 34.6 Å². The molecule has 0 radical (unpaired) electrons. The van der Waals surface area contributed by atoms with E-state index in [0.717, 1.165) is 68.3 Å². The molecule has 8 heteroatoms. The van der Waals surface area contributed by atoms with Crippen LogP contribution >= 0.6 is 0 Å². The second-order valence-electron chi connectivity index (χ2n) is 17.5. The number of benzene rings is 5. The highest BCUT2D eigenvalue weighted by Gasteiger charge is 2.57. The molecule has 0 atom stereocenters. The highest BCUT2D eigenvalue weighted by atomic mass is 19.1. The molecule has 1 spiro atoms. The molecule has 0 N–H and O–H groups in total. The van der Waals surface area contributed by atoms with E-state index in [0.29, 0.717) is 61.8 Å². The first-order valence-electron chi connectivity index (χ1n) is 19.5. The van der Waals surface area contributed by atoms with Gasteiger partial charge in [-0.3, -0.25) is 0 Å². The van der Waals surface area contributed by atoms with Crippen LogP contribution in [0.4, 0.5) is 14.5 Å². The van der Waals surface area contributed by atoms with Crippen LogP contribution in [0.3, 0.4) is 0 Å². The third kappa shape index (κ3) is 5.58. The van der Waals surface area contributed by atoms with Crippen LogP contribution in [0, 0.1) is 22.5 Å². The van der Waals surface area contributed by atoms with Gasteiger partial charge in [0.2, 0.25) is 0 Å². The molecule has 2 aliphatic carbocycles. The van der Waals surface area contributed by atoms with Gasteiger partial charge in [-0.05, 0) is 101 Å².